The fraction of sp³-hybridized carbons (Fsp3) is 0.417. The van der Waals surface area contributed by atoms with Crippen molar-refractivity contribution in [2.75, 3.05) is 24.7 Å². The Hall–Kier alpha value is -2.71. The van der Waals surface area contributed by atoms with Crippen LogP contribution in [0.5, 0.6) is 0 Å². The molecule has 1 saturated heterocycles. The second-order valence-corrected chi connectivity index (χ2v) is 4.80. The average Bonchev–Trinajstić information content (AvgIpc) is 2.96. The van der Waals surface area contributed by atoms with Crippen LogP contribution in [0.1, 0.15) is 12.8 Å². The third kappa shape index (κ3) is 2.26. The molecule has 1 unspecified atom stereocenters. The molecule has 2 aromatic rings. The molecular formula is C12H15N7O2. The molecule has 0 aromatic carbocycles. The summed E-state index contributed by atoms with van der Waals surface area (Å²) in [4.78, 5) is 33.3. The summed E-state index contributed by atoms with van der Waals surface area (Å²) in [5.41, 5.74) is 0.574. The lowest BCUT2D eigenvalue weighted by Gasteiger charge is -2.28. The fourth-order valence-corrected chi connectivity index (χ4v) is 2.27. The fourth-order valence-electron chi connectivity index (χ4n) is 2.27. The number of anilines is 2. The number of nitrogens with one attached hydrogen (secondary N) is 3. The van der Waals surface area contributed by atoms with E-state index in [4.69, 9.17) is 0 Å². The summed E-state index contributed by atoms with van der Waals surface area (Å²) in [6.07, 6.45) is 2.37. The van der Waals surface area contributed by atoms with Crippen molar-refractivity contribution in [2.24, 2.45) is 0 Å². The summed E-state index contributed by atoms with van der Waals surface area (Å²) in [7, 11) is 3.20. The Kier molecular flexibility index (Phi) is 3.16. The number of rotatable bonds is 3. The van der Waals surface area contributed by atoms with Crippen LogP contribution in [0, 0.1) is 0 Å². The number of likely N-dealkylation sites (tertiary alicyclic amines) is 1. The molecule has 3 rings (SSSR count). The van der Waals surface area contributed by atoms with E-state index in [0.717, 1.165) is 4.90 Å². The van der Waals surface area contributed by atoms with Crippen molar-refractivity contribution in [3.63, 3.8) is 0 Å². The van der Waals surface area contributed by atoms with E-state index in [1.165, 1.54) is 7.05 Å². The number of piperidine rings is 1. The average molecular weight is 289 g/mol. The molecule has 0 bridgehead atoms. The van der Waals surface area contributed by atoms with Gasteiger partial charge in [0.25, 0.3) is 5.91 Å². The highest BCUT2D eigenvalue weighted by atomic mass is 16.2. The Labute approximate surface area is 120 Å². The number of aromatic nitrogens is 4. The third-order valence-electron chi connectivity index (χ3n) is 3.49. The maximum absolute atomic E-state index is 12.1. The van der Waals surface area contributed by atoms with Crippen molar-refractivity contribution < 1.29 is 9.59 Å². The van der Waals surface area contributed by atoms with Gasteiger partial charge in [0, 0.05) is 20.5 Å². The molecule has 9 nitrogen and oxygen atoms in total. The van der Waals surface area contributed by atoms with E-state index in [-0.39, 0.29) is 11.8 Å². The monoisotopic (exact) mass is 289 g/mol. The first kappa shape index (κ1) is 13.3. The molecule has 0 aliphatic carbocycles. The molecule has 2 amide bonds. The Bertz CT molecular complexity index is 711. The topological polar surface area (TPSA) is 116 Å². The van der Waals surface area contributed by atoms with Crippen molar-refractivity contribution in [3.8, 4) is 0 Å². The van der Waals surface area contributed by atoms with Crippen LogP contribution in [0.3, 0.4) is 0 Å². The SMILES string of the molecule is CNc1nc(NC2CCC(=O)N(C)C2=O)c2cn[nH]c2n1. The van der Waals surface area contributed by atoms with E-state index < -0.39 is 6.04 Å². The van der Waals surface area contributed by atoms with Crippen LogP contribution in [0.25, 0.3) is 11.0 Å². The number of H-pyrrole nitrogens is 1. The lowest BCUT2D eigenvalue weighted by atomic mass is 10.0. The van der Waals surface area contributed by atoms with Gasteiger partial charge < -0.3 is 10.6 Å². The molecule has 9 heteroatoms. The van der Waals surface area contributed by atoms with Gasteiger partial charge in [0.2, 0.25) is 11.9 Å². The molecule has 0 spiro atoms. The predicted octanol–water partition coefficient (Wildman–Crippen LogP) is -0.0461. The molecule has 1 aliphatic heterocycles. The molecule has 1 aliphatic rings. The minimum absolute atomic E-state index is 0.162. The molecule has 3 heterocycles. The number of amides is 2. The molecule has 21 heavy (non-hydrogen) atoms. The van der Waals surface area contributed by atoms with Crippen LogP contribution in [-0.4, -0.2) is 57.0 Å². The maximum Gasteiger partial charge on any atom is 0.251 e. The maximum atomic E-state index is 12.1. The Morgan fingerprint density at radius 1 is 1.38 bits per heavy atom. The summed E-state index contributed by atoms with van der Waals surface area (Å²) in [5, 5.41) is 13.3. The van der Waals surface area contributed by atoms with Gasteiger partial charge in [0.15, 0.2) is 5.65 Å². The molecule has 2 aromatic heterocycles. The zero-order chi connectivity index (χ0) is 15.0. The van der Waals surface area contributed by atoms with E-state index in [0.29, 0.717) is 35.6 Å². The summed E-state index contributed by atoms with van der Waals surface area (Å²) < 4.78 is 0. The number of nitrogens with zero attached hydrogens (tertiary/aromatic N) is 4. The number of hydrogen-bond acceptors (Lipinski definition) is 7. The lowest BCUT2D eigenvalue weighted by Crippen LogP contribution is -2.48. The van der Waals surface area contributed by atoms with Crippen molar-refractivity contribution >= 4 is 34.6 Å². The van der Waals surface area contributed by atoms with Gasteiger partial charge in [-0.2, -0.15) is 15.1 Å². The Balaban J connectivity index is 1.92. The van der Waals surface area contributed by atoms with Gasteiger partial charge in [-0.25, -0.2) is 0 Å². The van der Waals surface area contributed by atoms with Gasteiger partial charge in [-0.3, -0.25) is 19.6 Å². The zero-order valence-corrected chi connectivity index (χ0v) is 11.7. The van der Waals surface area contributed by atoms with E-state index in [9.17, 15) is 9.59 Å². The third-order valence-corrected chi connectivity index (χ3v) is 3.49. The Morgan fingerprint density at radius 3 is 2.95 bits per heavy atom. The number of carbonyl (C=O) groups excluding carboxylic acids is 2. The van der Waals surface area contributed by atoms with Crippen LogP contribution in [0.15, 0.2) is 6.20 Å². The lowest BCUT2D eigenvalue weighted by molar-refractivity contribution is -0.146. The first-order chi connectivity index (χ1) is 10.1. The number of fused-ring (bicyclic) bond motifs is 1. The van der Waals surface area contributed by atoms with E-state index >= 15 is 0 Å². The second-order valence-electron chi connectivity index (χ2n) is 4.80. The molecule has 0 saturated carbocycles. The highest BCUT2D eigenvalue weighted by molar-refractivity contribution is 6.02. The summed E-state index contributed by atoms with van der Waals surface area (Å²) in [6, 6.07) is -0.481. The van der Waals surface area contributed by atoms with Crippen molar-refractivity contribution in [1.82, 2.24) is 25.1 Å². The van der Waals surface area contributed by atoms with Crippen molar-refractivity contribution in [1.29, 1.82) is 0 Å². The Morgan fingerprint density at radius 2 is 2.19 bits per heavy atom. The number of imide groups is 1. The predicted molar refractivity (Wildman–Crippen MR) is 75.7 cm³/mol. The van der Waals surface area contributed by atoms with Crippen LogP contribution in [0.4, 0.5) is 11.8 Å². The van der Waals surface area contributed by atoms with Gasteiger partial charge in [-0.05, 0) is 6.42 Å². The molecule has 1 atom stereocenters. The summed E-state index contributed by atoms with van der Waals surface area (Å²) in [6.45, 7) is 0. The zero-order valence-electron chi connectivity index (χ0n) is 11.7. The molecule has 3 N–H and O–H groups in total. The van der Waals surface area contributed by atoms with E-state index in [1.54, 1.807) is 13.2 Å². The van der Waals surface area contributed by atoms with Gasteiger partial charge in [0.05, 0.1) is 11.6 Å². The first-order valence-corrected chi connectivity index (χ1v) is 6.56. The largest absolute Gasteiger partial charge is 0.358 e. The van der Waals surface area contributed by atoms with Gasteiger partial charge in [-0.15, -0.1) is 0 Å². The van der Waals surface area contributed by atoms with Crippen molar-refractivity contribution in [2.45, 2.75) is 18.9 Å². The normalized spacial score (nSPS) is 19.1. The number of hydrogen-bond donors (Lipinski definition) is 3. The quantitative estimate of drug-likeness (QED) is 0.678. The van der Waals surface area contributed by atoms with E-state index in [2.05, 4.69) is 30.8 Å². The van der Waals surface area contributed by atoms with Crippen LogP contribution < -0.4 is 10.6 Å². The smallest absolute Gasteiger partial charge is 0.251 e. The summed E-state index contributed by atoms with van der Waals surface area (Å²) in [5.74, 6) is 0.513. The first-order valence-electron chi connectivity index (χ1n) is 6.56. The number of aromatic amines is 1. The van der Waals surface area contributed by atoms with Gasteiger partial charge in [-0.1, -0.05) is 0 Å². The highest BCUT2D eigenvalue weighted by Crippen LogP contribution is 2.23. The van der Waals surface area contributed by atoms with Gasteiger partial charge >= 0.3 is 0 Å². The number of carbonyl (C=O) groups is 2. The molecule has 1 fully saturated rings. The second kappa shape index (κ2) is 5.00. The van der Waals surface area contributed by atoms with Crippen LogP contribution in [-0.2, 0) is 9.59 Å². The van der Waals surface area contributed by atoms with Crippen LogP contribution >= 0.6 is 0 Å². The highest BCUT2D eigenvalue weighted by Gasteiger charge is 2.32. The number of likely N-dealkylation sites (N-methyl/N-ethyl adjacent to an activating group) is 1. The van der Waals surface area contributed by atoms with Crippen molar-refractivity contribution in [3.05, 3.63) is 6.20 Å². The molecular weight excluding hydrogens is 274 g/mol. The standard InChI is InChI=1S/C12H15N7O2/c1-13-12-16-9(6-5-14-18-10(6)17-12)15-7-3-4-8(20)19(2)11(7)21/h5,7H,3-4H2,1-2H3,(H3,13,14,15,16,17,18). The van der Waals surface area contributed by atoms with Crippen LogP contribution in [0.2, 0.25) is 0 Å². The molecule has 0 radical (unpaired) electrons. The summed E-state index contributed by atoms with van der Waals surface area (Å²) >= 11 is 0. The minimum atomic E-state index is -0.481. The minimum Gasteiger partial charge on any atom is -0.358 e. The van der Waals surface area contributed by atoms with Gasteiger partial charge in [0.1, 0.15) is 11.9 Å². The molecule has 110 valence electrons. The van der Waals surface area contributed by atoms with E-state index in [1.807, 2.05) is 0 Å².